The van der Waals surface area contributed by atoms with Crippen molar-refractivity contribution in [1.29, 1.82) is 0 Å². The maximum Gasteiger partial charge on any atom is 0.143 e. The second-order valence-corrected chi connectivity index (χ2v) is 15.4. The smallest absolute Gasteiger partial charge is 0.143 e. The zero-order valence-electron chi connectivity index (χ0n) is 41.3. The molecule has 0 radical (unpaired) electrons. The highest BCUT2D eigenvalue weighted by Gasteiger charge is 2.20. The Morgan fingerprint density at radius 1 is 0.323 bits per heavy atom. The van der Waals surface area contributed by atoms with E-state index in [-0.39, 0.29) is 46.7 Å². The number of benzene rings is 11. The highest BCUT2D eigenvalue weighted by molar-refractivity contribution is 6.18. The largest absolute Gasteiger partial charge is 0.455 e. The topological polar surface area (TPSA) is 16.4 Å². The predicted molar refractivity (Wildman–Crippen MR) is 263 cm³/mol. The molecule has 0 amide bonds. The Kier molecular flexibility index (Phi) is 6.76. The molecule has 11 aromatic carbocycles. The first-order valence-corrected chi connectivity index (χ1v) is 20.6. The van der Waals surface area contributed by atoms with Crippen LogP contribution in [0.1, 0.15) is 11.0 Å². The lowest BCUT2D eigenvalue weighted by molar-refractivity contribution is 0.672. The second-order valence-electron chi connectivity index (χ2n) is 15.4. The number of nitrogens with zero attached hydrogens (tertiary/aromatic N) is 1. The van der Waals surface area contributed by atoms with Crippen LogP contribution in [0, 0.1) is 0 Å². The highest BCUT2D eigenvalue weighted by atomic mass is 16.3. The molecule has 0 fully saturated rings. The highest BCUT2D eigenvalue weighted by Crippen LogP contribution is 2.45. The van der Waals surface area contributed by atoms with E-state index in [0.717, 1.165) is 65.4 Å². The zero-order chi connectivity index (χ0) is 47.9. The number of hydrogen-bond donors (Lipinski definition) is 0. The molecule has 0 bridgehead atoms. The Morgan fingerprint density at radius 2 is 0.806 bits per heavy atom. The van der Waals surface area contributed by atoms with Crippen molar-refractivity contribution >= 4 is 71.3 Å². The molecule has 0 saturated carbocycles. The van der Waals surface area contributed by atoms with E-state index in [1.807, 2.05) is 164 Å². The summed E-state index contributed by atoms with van der Waals surface area (Å²) >= 11 is 0. The summed E-state index contributed by atoms with van der Waals surface area (Å²) in [6.45, 7) is 0. The lowest BCUT2D eigenvalue weighted by Crippen LogP contribution is -2.11. The van der Waals surface area contributed by atoms with Crippen molar-refractivity contribution in [2.45, 2.75) is 0 Å². The molecule has 0 aliphatic carbocycles. The van der Waals surface area contributed by atoms with Gasteiger partial charge < -0.3 is 9.32 Å². The van der Waals surface area contributed by atoms with Crippen LogP contribution >= 0.6 is 0 Å². The summed E-state index contributed by atoms with van der Waals surface area (Å²) in [4.78, 5) is 1.40. The Hall–Kier alpha value is -8.20. The number of furan rings is 1. The van der Waals surface area contributed by atoms with Crippen molar-refractivity contribution in [3.63, 3.8) is 0 Å². The number of para-hydroxylation sites is 2. The molecular weight excluding hydrogens is 751 g/mol. The van der Waals surface area contributed by atoms with Gasteiger partial charge in [0, 0.05) is 33.1 Å². The maximum atomic E-state index is 9.88. The van der Waals surface area contributed by atoms with E-state index in [1.165, 1.54) is 4.90 Å². The van der Waals surface area contributed by atoms with Gasteiger partial charge in [0.25, 0.3) is 0 Å². The quantitative estimate of drug-likeness (QED) is 0.160. The summed E-state index contributed by atoms with van der Waals surface area (Å²) in [6.07, 6.45) is 0. The molecule has 0 aliphatic heterocycles. The molecule has 1 aromatic heterocycles. The molecule has 0 aliphatic rings. The van der Waals surface area contributed by atoms with Crippen molar-refractivity contribution in [3.05, 3.63) is 236 Å². The second kappa shape index (κ2) is 14.8. The molecule has 0 spiro atoms. The third kappa shape index (κ3) is 6.04. The lowest BCUT2D eigenvalue weighted by atomic mass is 9.94. The third-order valence-electron chi connectivity index (χ3n) is 11.8. The minimum absolute atomic E-state index is 0.0869. The molecule has 0 unspecified atom stereocenters. The van der Waals surface area contributed by atoms with E-state index < -0.39 is 24.2 Å². The Balaban J connectivity index is 1.12. The van der Waals surface area contributed by atoms with E-state index in [4.69, 9.17) is 4.42 Å². The van der Waals surface area contributed by atoms with Crippen LogP contribution in [0.2, 0.25) is 0 Å². The summed E-state index contributed by atoms with van der Waals surface area (Å²) in [7, 11) is 0. The van der Waals surface area contributed by atoms with Gasteiger partial charge in [0.1, 0.15) is 11.2 Å². The van der Waals surface area contributed by atoms with Crippen molar-refractivity contribution in [1.82, 2.24) is 0 Å². The van der Waals surface area contributed by atoms with Gasteiger partial charge in [-0.3, -0.25) is 0 Å². The standard InChI is InChI=1S/C60H39NO/c1-3-19-48-41(13-1)15-10-23-50(48)43-31-35-47(36-32-43)61(46-33-29-40(30-34-46)44-17-9-18-45(39-44)51-24-11-16-42-14-2-4-20-49(42)51)58-27-7-5-21-54(58)52-25-12-26-56-53(52)37-38-57-55-22-6-8-28-59(55)62-60(56)57/h1-39H/i29D,30D,31D,32D,33D,34D,35D,36D. The fourth-order valence-corrected chi connectivity index (χ4v) is 8.90. The zero-order valence-corrected chi connectivity index (χ0v) is 33.3. The monoisotopic (exact) mass is 797 g/mol. The van der Waals surface area contributed by atoms with Gasteiger partial charge in [-0.2, -0.15) is 0 Å². The average Bonchev–Trinajstić information content (AvgIpc) is 3.79. The van der Waals surface area contributed by atoms with Crippen LogP contribution in [-0.2, 0) is 0 Å². The molecular formula is C60H39NO. The van der Waals surface area contributed by atoms with Crippen LogP contribution in [0.5, 0.6) is 0 Å². The first-order chi connectivity index (χ1) is 34.1. The maximum absolute atomic E-state index is 9.88. The predicted octanol–water partition coefficient (Wildman–Crippen LogP) is 17.2. The summed E-state index contributed by atoms with van der Waals surface area (Å²) in [6, 6.07) is 56.9. The first-order valence-electron chi connectivity index (χ1n) is 24.6. The summed E-state index contributed by atoms with van der Waals surface area (Å²) in [5.41, 5.74) is 5.66. The van der Waals surface area contributed by atoms with E-state index in [2.05, 4.69) is 0 Å². The van der Waals surface area contributed by atoms with Gasteiger partial charge >= 0.3 is 0 Å². The first kappa shape index (κ1) is 28.3. The number of fused-ring (bicyclic) bond motifs is 7. The van der Waals surface area contributed by atoms with E-state index in [1.54, 1.807) is 24.3 Å². The van der Waals surface area contributed by atoms with Gasteiger partial charge in [-0.15, -0.1) is 0 Å². The Bertz CT molecular complexity index is 4070. The summed E-state index contributed by atoms with van der Waals surface area (Å²) in [5.74, 6) is 0. The molecule has 1 heterocycles. The molecule has 62 heavy (non-hydrogen) atoms. The van der Waals surface area contributed by atoms with E-state index >= 15 is 0 Å². The van der Waals surface area contributed by atoms with Gasteiger partial charge in [-0.25, -0.2) is 0 Å². The molecule has 12 aromatic rings. The Labute approximate surface area is 371 Å². The van der Waals surface area contributed by atoms with Crippen molar-refractivity contribution in [3.8, 4) is 44.5 Å². The van der Waals surface area contributed by atoms with Crippen molar-refractivity contribution < 1.29 is 15.4 Å². The van der Waals surface area contributed by atoms with Gasteiger partial charge in [0.15, 0.2) is 0 Å². The van der Waals surface area contributed by atoms with Crippen LogP contribution in [0.25, 0.3) is 98.8 Å². The van der Waals surface area contributed by atoms with Crippen molar-refractivity contribution in [2.24, 2.45) is 0 Å². The lowest BCUT2D eigenvalue weighted by Gasteiger charge is -2.28. The number of hydrogen-bond acceptors (Lipinski definition) is 2. The van der Waals surface area contributed by atoms with E-state index in [0.29, 0.717) is 28.0 Å². The van der Waals surface area contributed by atoms with Gasteiger partial charge in [0.2, 0.25) is 0 Å². The van der Waals surface area contributed by atoms with Gasteiger partial charge in [-0.05, 0) is 114 Å². The van der Waals surface area contributed by atoms with Crippen LogP contribution in [0.3, 0.4) is 0 Å². The summed E-state index contributed by atoms with van der Waals surface area (Å²) in [5, 5.41) is 7.34. The third-order valence-corrected chi connectivity index (χ3v) is 11.8. The molecule has 290 valence electrons. The molecule has 0 atom stereocenters. The minimum atomic E-state index is -0.418. The molecule has 0 N–H and O–H groups in total. The summed E-state index contributed by atoms with van der Waals surface area (Å²) < 4.78 is 84.6. The molecule has 2 nitrogen and oxygen atoms in total. The fraction of sp³-hybridized carbons (Fsp3) is 0. The average molecular weight is 798 g/mol. The van der Waals surface area contributed by atoms with Gasteiger partial charge in [-0.1, -0.05) is 188 Å². The van der Waals surface area contributed by atoms with Crippen LogP contribution in [0.4, 0.5) is 17.1 Å². The van der Waals surface area contributed by atoms with Gasteiger partial charge in [0.05, 0.1) is 16.7 Å². The van der Waals surface area contributed by atoms with Crippen LogP contribution in [0.15, 0.2) is 241 Å². The van der Waals surface area contributed by atoms with E-state index in [9.17, 15) is 11.0 Å². The van der Waals surface area contributed by atoms with Crippen LogP contribution < -0.4 is 4.90 Å². The van der Waals surface area contributed by atoms with Crippen LogP contribution in [-0.4, -0.2) is 0 Å². The van der Waals surface area contributed by atoms with Crippen molar-refractivity contribution in [2.75, 3.05) is 4.90 Å². The number of rotatable bonds is 7. The molecule has 2 heteroatoms. The molecule has 0 saturated heterocycles. The minimum Gasteiger partial charge on any atom is -0.455 e. The Morgan fingerprint density at radius 3 is 1.55 bits per heavy atom. The molecule has 12 rings (SSSR count). The normalized spacial score (nSPS) is 13.4. The SMILES string of the molecule is [2H]c1c([2H])c(N(c2ccccc2-c2cccc3c2ccc2c4ccccc4oc32)c2c([2H])c([2H])c(-c3cccc4ccccc34)c([2H])c2[2H])c([2H])c([2H])c1-c1cccc(-c2cccc3ccccc23)c1. The fourth-order valence-electron chi connectivity index (χ4n) is 8.90. The number of anilines is 3.